The molecule has 0 unspecified atom stereocenters. The van der Waals surface area contributed by atoms with Gasteiger partial charge in [0.25, 0.3) is 17.5 Å². The number of carbonyl (C=O) groups is 3. The van der Waals surface area contributed by atoms with Crippen molar-refractivity contribution in [2.75, 3.05) is 20.6 Å². The van der Waals surface area contributed by atoms with E-state index >= 15 is 0 Å². The van der Waals surface area contributed by atoms with Gasteiger partial charge in [-0.2, -0.15) is 0 Å². The molecule has 0 aromatic heterocycles. The summed E-state index contributed by atoms with van der Waals surface area (Å²) in [6, 6.07) is 5.09. The molecule has 9 heteroatoms. The van der Waals surface area contributed by atoms with Crippen LogP contribution in [0.4, 0.5) is 5.69 Å². The van der Waals surface area contributed by atoms with E-state index in [0.29, 0.717) is 0 Å². The van der Waals surface area contributed by atoms with Crippen LogP contribution in [0.3, 0.4) is 0 Å². The molecule has 1 rings (SSSR count). The van der Waals surface area contributed by atoms with Crippen LogP contribution in [0.2, 0.25) is 0 Å². The van der Waals surface area contributed by atoms with Crippen molar-refractivity contribution in [3.8, 4) is 0 Å². The quantitative estimate of drug-likeness (QED) is 0.458. The molecule has 0 fully saturated rings. The van der Waals surface area contributed by atoms with Gasteiger partial charge in [0, 0.05) is 31.8 Å². The van der Waals surface area contributed by atoms with E-state index in [9.17, 15) is 24.5 Å². The normalized spacial score (nSPS) is 11.3. The lowest BCUT2D eigenvalue weighted by atomic mass is 10.2. The zero-order chi connectivity index (χ0) is 17.6. The highest BCUT2D eigenvalue weighted by atomic mass is 16.6. The summed E-state index contributed by atoms with van der Waals surface area (Å²) in [7, 11) is 3.05. The molecular weight excluding hydrogens is 306 g/mol. The molecule has 1 aromatic carbocycles. The van der Waals surface area contributed by atoms with E-state index in [-0.39, 0.29) is 17.2 Å². The molecule has 0 spiro atoms. The molecule has 0 saturated carbocycles. The Morgan fingerprint density at radius 1 is 1.35 bits per heavy atom. The fraction of sp³-hybridized carbons (Fsp3) is 0.357. The number of amides is 2. The van der Waals surface area contributed by atoms with E-state index in [1.54, 1.807) is 0 Å². The highest BCUT2D eigenvalue weighted by Crippen LogP contribution is 2.12. The number of nitro groups is 1. The van der Waals surface area contributed by atoms with Gasteiger partial charge in [0.1, 0.15) is 6.54 Å². The van der Waals surface area contributed by atoms with Gasteiger partial charge in [0.15, 0.2) is 6.10 Å². The predicted octanol–water partition coefficient (Wildman–Crippen LogP) is 0.344. The number of ether oxygens (including phenoxy) is 1. The first-order valence-corrected chi connectivity index (χ1v) is 6.65. The van der Waals surface area contributed by atoms with Gasteiger partial charge in [0.05, 0.1) is 4.92 Å². The van der Waals surface area contributed by atoms with Crippen molar-refractivity contribution in [1.82, 2.24) is 10.2 Å². The van der Waals surface area contributed by atoms with E-state index in [1.165, 1.54) is 44.1 Å². The number of likely N-dealkylation sites (N-methyl/N-ethyl adjacent to an activating group) is 1. The summed E-state index contributed by atoms with van der Waals surface area (Å²) in [4.78, 5) is 46.2. The molecule has 0 aliphatic carbocycles. The molecule has 0 bridgehead atoms. The summed E-state index contributed by atoms with van der Waals surface area (Å²) in [5.41, 5.74) is -0.185. The number of carbonyl (C=O) groups excluding carboxylic acids is 3. The maximum absolute atomic E-state index is 11.8. The maximum Gasteiger partial charge on any atom is 0.326 e. The van der Waals surface area contributed by atoms with Crippen molar-refractivity contribution in [1.29, 1.82) is 0 Å². The Hall–Kier alpha value is -2.97. The minimum Gasteiger partial charge on any atom is -0.451 e. The summed E-state index contributed by atoms with van der Waals surface area (Å²) in [5.74, 6) is -1.83. The molecule has 9 nitrogen and oxygen atoms in total. The van der Waals surface area contributed by atoms with Gasteiger partial charge in [-0.1, -0.05) is 6.07 Å². The van der Waals surface area contributed by atoms with E-state index in [4.69, 9.17) is 4.74 Å². The number of esters is 1. The van der Waals surface area contributed by atoms with Crippen LogP contribution in [0.1, 0.15) is 17.3 Å². The lowest BCUT2D eigenvalue weighted by Gasteiger charge is -2.17. The second-order valence-corrected chi connectivity index (χ2v) is 4.85. The number of rotatable bonds is 6. The van der Waals surface area contributed by atoms with Crippen molar-refractivity contribution in [3.05, 3.63) is 39.9 Å². The first-order valence-electron chi connectivity index (χ1n) is 6.65. The van der Waals surface area contributed by atoms with E-state index in [0.717, 1.165) is 6.07 Å². The number of non-ortho nitro benzene ring substituents is 1. The van der Waals surface area contributed by atoms with Crippen molar-refractivity contribution in [2.45, 2.75) is 13.0 Å². The Morgan fingerprint density at radius 3 is 2.57 bits per heavy atom. The average Bonchev–Trinajstić information content (AvgIpc) is 2.51. The van der Waals surface area contributed by atoms with Crippen LogP contribution in [0.5, 0.6) is 0 Å². The molecule has 2 amide bonds. The Labute approximate surface area is 132 Å². The Kier molecular flexibility index (Phi) is 6.19. The van der Waals surface area contributed by atoms with Crippen LogP contribution in [0.15, 0.2) is 24.3 Å². The molecule has 1 N–H and O–H groups in total. The van der Waals surface area contributed by atoms with Gasteiger partial charge in [-0.05, 0) is 13.0 Å². The topological polar surface area (TPSA) is 119 Å². The van der Waals surface area contributed by atoms with Crippen molar-refractivity contribution in [3.63, 3.8) is 0 Å². The fourth-order valence-electron chi connectivity index (χ4n) is 1.67. The molecule has 1 atom stereocenters. The van der Waals surface area contributed by atoms with Crippen LogP contribution >= 0.6 is 0 Å². The minimum atomic E-state index is -0.966. The lowest BCUT2D eigenvalue weighted by molar-refractivity contribution is -0.384. The highest BCUT2D eigenvalue weighted by molar-refractivity contribution is 5.96. The third-order valence-electron chi connectivity index (χ3n) is 2.81. The first-order chi connectivity index (χ1) is 10.7. The summed E-state index contributed by atoms with van der Waals surface area (Å²) in [6.45, 7) is 0.967. The van der Waals surface area contributed by atoms with E-state index in [1.807, 2.05) is 0 Å². The monoisotopic (exact) mass is 323 g/mol. The molecule has 0 heterocycles. The van der Waals surface area contributed by atoms with Gasteiger partial charge in [0.2, 0.25) is 0 Å². The SMILES string of the molecule is C[C@@H](OC(=O)CNC(=O)c1cccc([N+](=O)[O-])c1)C(=O)N(C)C. The number of hydrogen-bond acceptors (Lipinski definition) is 6. The Bertz CT molecular complexity index is 629. The van der Waals surface area contributed by atoms with E-state index in [2.05, 4.69) is 5.32 Å². The van der Waals surface area contributed by atoms with Crippen molar-refractivity contribution < 1.29 is 24.0 Å². The number of benzene rings is 1. The summed E-state index contributed by atoms with van der Waals surface area (Å²) < 4.78 is 4.87. The predicted molar refractivity (Wildman–Crippen MR) is 79.7 cm³/mol. The van der Waals surface area contributed by atoms with Crippen molar-refractivity contribution in [2.24, 2.45) is 0 Å². The standard InChI is InChI=1S/C14H17N3O6/c1-9(14(20)16(2)3)23-12(18)8-15-13(19)10-5-4-6-11(7-10)17(21)22/h4-7,9H,8H2,1-3H3,(H,15,19)/t9-/m1/s1. The zero-order valence-electron chi connectivity index (χ0n) is 12.9. The summed E-state index contributed by atoms with van der Waals surface area (Å²) >= 11 is 0. The zero-order valence-corrected chi connectivity index (χ0v) is 12.9. The van der Waals surface area contributed by atoms with E-state index < -0.39 is 29.4 Å². The smallest absolute Gasteiger partial charge is 0.326 e. The Morgan fingerprint density at radius 2 is 2.00 bits per heavy atom. The molecule has 0 aliphatic heterocycles. The molecule has 0 aliphatic rings. The van der Waals surface area contributed by atoms with Crippen LogP contribution in [0.25, 0.3) is 0 Å². The first kappa shape index (κ1) is 18.1. The van der Waals surface area contributed by atoms with Crippen molar-refractivity contribution >= 4 is 23.5 Å². The molecule has 23 heavy (non-hydrogen) atoms. The van der Waals surface area contributed by atoms with Crippen LogP contribution in [-0.2, 0) is 14.3 Å². The third kappa shape index (κ3) is 5.38. The fourth-order valence-corrected chi connectivity index (χ4v) is 1.67. The minimum absolute atomic E-state index is 0.0458. The largest absolute Gasteiger partial charge is 0.451 e. The number of nitro benzene ring substituents is 1. The molecule has 1 aromatic rings. The second-order valence-electron chi connectivity index (χ2n) is 4.85. The third-order valence-corrected chi connectivity index (χ3v) is 2.81. The molecule has 0 radical (unpaired) electrons. The summed E-state index contributed by atoms with van der Waals surface area (Å²) in [5, 5.41) is 12.9. The highest BCUT2D eigenvalue weighted by Gasteiger charge is 2.20. The van der Waals surface area contributed by atoms with Gasteiger partial charge < -0.3 is 15.0 Å². The summed E-state index contributed by atoms with van der Waals surface area (Å²) in [6.07, 6.45) is -0.966. The lowest BCUT2D eigenvalue weighted by Crippen LogP contribution is -2.38. The number of nitrogens with one attached hydrogen (secondary N) is 1. The maximum atomic E-state index is 11.8. The van der Waals surface area contributed by atoms with Crippen LogP contribution in [-0.4, -0.2) is 54.4 Å². The second kappa shape index (κ2) is 7.87. The van der Waals surface area contributed by atoms with Crippen LogP contribution in [0, 0.1) is 10.1 Å². The average molecular weight is 323 g/mol. The van der Waals surface area contributed by atoms with Gasteiger partial charge in [-0.3, -0.25) is 24.5 Å². The molecule has 0 saturated heterocycles. The number of nitrogens with zero attached hydrogens (tertiary/aromatic N) is 2. The molecular formula is C14H17N3O6. The van der Waals surface area contributed by atoms with Gasteiger partial charge in [-0.25, -0.2) is 0 Å². The van der Waals surface area contributed by atoms with Crippen LogP contribution < -0.4 is 5.32 Å². The van der Waals surface area contributed by atoms with Gasteiger partial charge in [-0.15, -0.1) is 0 Å². The van der Waals surface area contributed by atoms with Gasteiger partial charge >= 0.3 is 5.97 Å². The number of hydrogen-bond donors (Lipinski definition) is 1. The Balaban J connectivity index is 2.56. The molecule has 124 valence electrons.